The SMILES string of the molecule is COC(=O)c1cc(C(C)C)nn(-c2ccc(Cl)cn2)c1=O. The van der Waals surface area contributed by atoms with Gasteiger partial charge >= 0.3 is 5.97 Å². The van der Waals surface area contributed by atoms with Crippen LogP contribution >= 0.6 is 11.6 Å². The fourth-order valence-electron chi connectivity index (χ4n) is 1.70. The molecule has 0 amide bonds. The molecule has 0 saturated heterocycles. The van der Waals surface area contributed by atoms with Crippen molar-refractivity contribution < 1.29 is 9.53 Å². The van der Waals surface area contributed by atoms with Crippen LogP contribution in [0.4, 0.5) is 0 Å². The monoisotopic (exact) mass is 307 g/mol. The molecule has 2 heterocycles. The largest absolute Gasteiger partial charge is 0.465 e. The summed E-state index contributed by atoms with van der Waals surface area (Å²) in [6.45, 7) is 3.82. The molecule has 2 aromatic rings. The molecule has 21 heavy (non-hydrogen) atoms. The van der Waals surface area contributed by atoms with Gasteiger partial charge in [0.05, 0.1) is 17.8 Å². The number of carbonyl (C=O) groups is 1. The van der Waals surface area contributed by atoms with Crippen molar-refractivity contribution >= 4 is 17.6 Å². The van der Waals surface area contributed by atoms with E-state index >= 15 is 0 Å². The second kappa shape index (κ2) is 6.05. The van der Waals surface area contributed by atoms with Crippen molar-refractivity contribution in [2.75, 3.05) is 7.11 Å². The molecule has 0 aromatic carbocycles. The molecule has 0 bridgehead atoms. The third kappa shape index (κ3) is 3.11. The van der Waals surface area contributed by atoms with Crippen LogP contribution in [0.25, 0.3) is 5.82 Å². The van der Waals surface area contributed by atoms with Crippen molar-refractivity contribution in [3.63, 3.8) is 0 Å². The van der Waals surface area contributed by atoms with E-state index in [1.165, 1.54) is 19.4 Å². The molecule has 0 N–H and O–H groups in total. The maximum Gasteiger partial charge on any atom is 0.343 e. The Morgan fingerprint density at radius 3 is 2.62 bits per heavy atom. The van der Waals surface area contributed by atoms with E-state index in [0.717, 1.165) is 4.68 Å². The van der Waals surface area contributed by atoms with Crippen molar-refractivity contribution in [1.82, 2.24) is 14.8 Å². The second-order valence-corrected chi connectivity index (χ2v) is 5.12. The molecular formula is C14H14ClN3O3. The quantitative estimate of drug-likeness (QED) is 0.813. The molecule has 2 rings (SSSR count). The van der Waals surface area contributed by atoms with Gasteiger partial charge in [-0.3, -0.25) is 4.79 Å². The molecule has 0 aliphatic heterocycles. The van der Waals surface area contributed by atoms with Crippen LogP contribution in [0.15, 0.2) is 29.2 Å². The van der Waals surface area contributed by atoms with Gasteiger partial charge < -0.3 is 4.74 Å². The van der Waals surface area contributed by atoms with Gasteiger partial charge in [0.2, 0.25) is 0 Å². The Morgan fingerprint density at radius 1 is 1.38 bits per heavy atom. The zero-order valence-corrected chi connectivity index (χ0v) is 12.6. The minimum absolute atomic E-state index is 0.0348. The van der Waals surface area contributed by atoms with Crippen LogP contribution in [0.1, 0.15) is 35.8 Å². The molecular weight excluding hydrogens is 294 g/mol. The molecule has 7 heteroatoms. The molecule has 110 valence electrons. The minimum atomic E-state index is -0.702. The molecule has 0 saturated carbocycles. The van der Waals surface area contributed by atoms with Crippen LogP contribution in [0.3, 0.4) is 0 Å². The third-order valence-corrected chi connectivity index (χ3v) is 3.08. The lowest BCUT2D eigenvalue weighted by atomic mass is 10.1. The Balaban J connectivity index is 2.69. The first-order valence-electron chi connectivity index (χ1n) is 6.28. The van der Waals surface area contributed by atoms with Gasteiger partial charge in [-0.25, -0.2) is 9.78 Å². The lowest BCUT2D eigenvalue weighted by molar-refractivity contribution is 0.0597. The first-order chi connectivity index (χ1) is 9.93. The predicted octanol–water partition coefficient (Wildman–Crippen LogP) is 2.19. The van der Waals surface area contributed by atoms with Crippen LogP contribution in [0, 0.1) is 0 Å². The van der Waals surface area contributed by atoms with E-state index in [0.29, 0.717) is 10.7 Å². The molecule has 0 fully saturated rings. The molecule has 0 unspecified atom stereocenters. The van der Waals surface area contributed by atoms with Crippen molar-refractivity contribution in [3.05, 3.63) is 51.0 Å². The van der Waals surface area contributed by atoms with Crippen molar-refractivity contribution in [2.24, 2.45) is 0 Å². The number of esters is 1. The fourth-order valence-corrected chi connectivity index (χ4v) is 1.81. The Hall–Kier alpha value is -2.21. The Kier molecular flexibility index (Phi) is 4.37. The maximum absolute atomic E-state index is 12.4. The smallest absolute Gasteiger partial charge is 0.343 e. The number of nitrogens with zero attached hydrogens (tertiary/aromatic N) is 3. The zero-order valence-electron chi connectivity index (χ0n) is 11.8. The fraction of sp³-hybridized carbons (Fsp3) is 0.286. The van der Waals surface area contributed by atoms with E-state index in [1.807, 2.05) is 13.8 Å². The Labute approximate surface area is 126 Å². The van der Waals surface area contributed by atoms with Crippen LogP contribution < -0.4 is 5.56 Å². The predicted molar refractivity (Wildman–Crippen MR) is 78.1 cm³/mol. The van der Waals surface area contributed by atoms with E-state index in [4.69, 9.17) is 11.6 Å². The van der Waals surface area contributed by atoms with Gasteiger partial charge in [-0.05, 0) is 24.1 Å². The minimum Gasteiger partial charge on any atom is -0.465 e. The van der Waals surface area contributed by atoms with E-state index in [-0.39, 0.29) is 17.3 Å². The highest BCUT2D eigenvalue weighted by molar-refractivity contribution is 6.30. The number of ether oxygens (including phenoxy) is 1. The van der Waals surface area contributed by atoms with Crippen LogP contribution in [0.2, 0.25) is 5.02 Å². The summed E-state index contributed by atoms with van der Waals surface area (Å²) in [4.78, 5) is 28.2. The average Bonchev–Trinajstić information content (AvgIpc) is 2.47. The second-order valence-electron chi connectivity index (χ2n) is 4.68. The molecule has 0 radical (unpaired) electrons. The summed E-state index contributed by atoms with van der Waals surface area (Å²) >= 11 is 5.78. The highest BCUT2D eigenvalue weighted by atomic mass is 35.5. The number of carbonyl (C=O) groups excluding carboxylic acids is 1. The topological polar surface area (TPSA) is 74.1 Å². The average molecular weight is 308 g/mol. The number of rotatable bonds is 3. The van der Waals surface area contributed by atoms with Gasteiger partial charge in [-0.15, -0.1) is 0 Å². The lowest BCUT2D eigenvalue weighted by Crippen LogP contribution is -2.29. The number of pyridine rings is 1. The van der Waals surface area contributed by atoms with E-state index < -0.39 is 11.5 Å². The zero-order chi connectivity index (χ0) is 15.6. The number of hydrogen-bond donors (Lipinski definition) is 0. The standard InChI is InChI=1S/C14H14ClN3O3/c1-8(2)11-6-10(14(20)21-3)13(19)18(17-11)12-5-4-9(15)7-16-12/h4-8H,1-3H3. The lowest BCUT2D eigenvalue weighted by Gasteiger charge is -2.11. The molecule has 0 spiro atoms. The van der Waals surface area contributed by atoms with Crippen LogP contribution in [0.5, 0.6) is 0 Å². The van der Waals surface area contributed by atoms with E-state index in [9.17, 15) is 9.59 Å². The summed E-state index contributed by atoms with van der Waals surface area (Å²) < 4.78 is 5.72. The molecule has 6 nitrogen and oxygen atoms in total. The highest BCUT2D eigenvalue weighted by Gasteiger charge is 2.18. The maximum atomic E-state index is 12.4. The first-order valence-corrected chi connectivity index (χ1v) is 6.66. The van der Waals surface area contributed by atoms with Gasteiger partial charge in [0.15, 0.2) is 5.82 Å². The molecule has 0 aliphatic carbocycles. The number of halogens is 1. The number of methoxy groups -OCH3 is 1. The van der Waals surface area contributed by atoms with Gasteiger partial charge in [-0.1, -0.05) is 25.4 Å². The first kappa shape index (κ1) is 15.2. The van der Waals surface area contributed by atoms with E-state index in [1.54, 1.807) is 12.1 Å². The van der Waals surface area contributed by atoms with Gasteiger partial charge in [-0.2, -0.15) is 9.78 Å². The van der Waals surface area contributed by atoms with Crippen molar-refractivity contribution in [1.29, 1.82) is 0 Å². The summed E-state index contributed by atoms with van der Waals surface area (Å²) in [5, 5.41) is 4.68. The van der Waals surface area contributed by atoms with Crippen molar-refractivity contribution in [2.45, 2.75) is 19.8 Å². The summed E-state index contributed by atoms with van der Waals surface area (Å²) in [5.41, 5.74) is -0.0687. The van der Waals surface area contributed by atoms with Crippen LogP contribution in [-0.2, 0) is 4.74 Å². The highest BCUT2D eigenvalue weighted by Crippen LogP contribution is 2.13. The van der Waals surface area contributed by atoms with Crippen LogP contribution in [-0.4, -0.2) is 27.8 Å². The summed E-state index contributed by atoms with van der Waals surface area (Å²) in [7, 11) is 1.22. The molecule has 0 atom stereocenters. The summed E-state index contributed by atoms with van der Waals surface area (Å²) in [6.07, 6.45) is 1.41. The summed E-state index contributed by atoms with van der Waals surface area (Å²) in [6, 6.07) is 4.60. The van der Waals surface area contributed by atoms with Gasteiger partial charge in [0.25, 0.3) is 5.56 Å². The normalized spacial score (nSPS) is 10.7. The Morgan fingerprint density at radius 2 is 2.10 bits per heavy atom. The number of aromatic nitrogens is 3. The Bertz CT molecular complexity index is 723. The van der Waals surface area contributed by atoms with E-state index in [2.05, 4.69) is 14.8 Å². The summed E-state index contributed by atoms with van der Waals surface area (Å²) in [5.74, 6) is -0.378. The van der Waals surface area contributed by atoms with Gasteiger partial charge in [0, 0.05) is 6.20 Å². The van der Waals surface area contributed by atoms with Crippen molar-refractivity contribution in [3.8, 4) is 5.82 Å². The molecule has 0 aliphatic rings. The number of hydrogen-bond acceptors (Lipinski definition) is 5. The molecule has 2 aromatic heterocycles. The van der Waals surface area contributed by atoms with Gasteiger partial charge in [0.1, 0.15) is 5.56 Å². The third-order valence-electron chi connectivity index (χ3n) is 2.86.